The van der Waals surface area contributed by atoms with Crippen molar-refractivity contribution < 1.29 is 58.6 Å². The number of ether oxygens (including phenoxy) is 1. The molecule has 0 heterocycles. The van der Waals surface area contributed by atoms with Gasteiger partial charge in [-0.05, 0) is 80.5 Å². The van der Waals surface area contributed by atoms with Crippen molar-refractivity contribution in [1.29, 1.82) is 0 Å². The van der Waals surface area contributed by atoms with Crippen LogP contribution in [0.25, 0.3) is 0 Å². The number of aliphatic hydroxyl groups is 1. The van der Waals surface area contributed by atoms with Gasteiger partial charge in [-0.1, -0.05) is 13.8 Å². The van der Waals surface area contributed by atoms with E-state index in [-0.39, 0.29) is 77.0 Å². The second-order valence-electron chi connectivity index (χ2n) is 11.0. The first-order valence-corrected chi connectivity index (χ1v) is 12.0. The molecule has 0 aliphatic heterocycles. The van der Waals surface area contributed by atoms with Crippen LogP contribution in [-0.2, 0) is 23.9 Å². The summed E-state index contributed by atoms with van der Waals surface area (Å²) < 4.78 is 4.74. The third-order valence-corrected chi connectivity index (χ3v) is 9.55. The number of aliphatic hydroxyl groups excluding tert-OH is 1. The summed E-state index contributed by atoms with van der Waals surface area (Å²) in [6.45, 7) is 6.06. The summed E-state index contributed by atoms with van der Waals surface area (Å²) in [6, 6.07) is 0. The molecule has 8 atom stereocenters. The molecule has 172 valence electrons. The molecule has 0 amide bonds. The molecule has 4 aliphatic carbocycles. The minimum atomic E-state index is -0.943. The van der Waals surface area contributed by atoms with Crippen LogP contribution in [0.5, 0.6) is 0 Å². The molecule has 7 heteroatoms. The fraction of sp³-hybridized carbons (Fsp3) is 0.840. The first kappa shape index (κ1) is 26.1. The number of carbonyl (C=O) groups is 4. The van der Waals surface area contributed by atoms with Gasteiger partial charge in [0.15, 0.2) is 0 Å². The molecule has 0 radical (unpaired) electrons. The van der Waals surface area contributed by atoms with Gasteiger partial charge in [0.25, 0.3) is 0 Å². The Morgan fingerprint density at radius 3 is 2.47 bits per heavy atom. The second-order valence-corrected chi connectivity index (χ2v) is 11.0. The number of rotatable bonds is 5. The van der Waals surface area contributed by atoms with E-state index in [1.165, 1.54) is 0 Å². The molecule has 0 bridgehead atoms. The number of Topliss-reactive ketones (excluding diaryl/α,β-unsaturated/α-hetero) is 3. The summed E-state index contributed by atoms with van der Waals surface area (Å²) in [5, 5.41) is 10.2. The standard InChI is InChI=1S/C25H36O6.Na/c1-4-31-23(30)20(28)12-19(27)18-8-7-17-16-6-5-14-11-15(26)9-10-24(14,2)22(16)21(29)13-25(17,18)3;/h14-18,22,26H,4-13H2,1-3H3;/q;+1/t14-,15-,16+,17+,18-,22-,24+,25+;/m1./s1. The minimum Gasteiger partial charge on any atom is -0.460 e. The number of fused-ring (bicyclic) bond motifs is 5. The first-order valence-electron chi connectivity index (χ1n) is 12.0. The third kappa shape index (κ3) is 4.18. The Bertz CT molecular complexity index is 795. The summed E-state index contributed by atoms with van der Waals surface area (Å²) in [4.78, 5) is 50.4. The van der Waals surface area contributed by atoms with Crippen LogP contribution in [0.3, 0.4) is 0 Å². The molecule has 4 saturated carbocycles. The summed E-state index contributed by atoms with van der Waals surface area (Å²) in [7, 11) is 0. The van der Waals surface area contributed by atoms with Crippen LogP contribution in [0.15, 0.2) is 0 Å². The number of hydrogen-bond donors (Lipinski definition) is 1. The van der Waals surface area contributed by atoms with Gasteiger partial charge in [-0.2, -0.15) is 0 Å². The van der Waals surface area contributed by atoms with Gasteiger partial charge in [0.1, 0.15) is 11.6 Å². The first-order chi connectivity index (χ1) is 14.6. The van der Waals surface area contributed by atoms with Crippen molar-refractivity contribution >= 4 is 23.3 Å². The van der Waals surface area contributed by atoms with Gasteiger partial charge in [0, 0.05) is 18.3 Å². The molecule has 32 heavy (non-hydrogen) atoms. The van der Waals surface area contributed by atoms with Crippen molar-refractivity contribution in [3.63, 3.8) is 0 Å². The van der Waals surface area contributed by atoms with E-state index in [4.69, 9.17) is 4.74 Å². The van der Waals surface area contributed by atoms with E-state index in [1.807, 2.05) is 0 Å². The summed E-state index contributed by atoms with van der Waals surface area (Å²) in [5.74, 6) is -1.03. The largest absolute Gasteiger partial charge is 1.00 e. The van der Waals surface area contributed by atoms with E-state index in [9.17, 15) is 24.3 Å². The van der Waals surface area contributed by atoms with E-state index in [0.717, 1.165) is 38.5 Å². The van der Waals surface area contributed by atoms with Gasteiger partial charge in [0.2, 0.25) is 5.78 Å². The predicted molar refractivity (Wildman–Crippen MR) is 113 cm³/mol. The van der Waals surface area contributed by atoms with Gasteiger partial charge < -0.3 is 9.84 Å². The average molecular weight is 456 g/mol. The Hall–Kier alpha value is -0.560. The number of carbonyl (C=O) groups excluding carboxylic acids is 4. The molecular formula is C25H36NaO6+. The summed E-state index contributed by atoms with van der Waals surface area (Å²) in [6.07, 6.45) is 5.77. The van der Waals surface area contributed by atoms with Gasteiger partial charge in [-0.15, -0.1) is 0 Å². The van der Waals surface area contributed by atoms with Crippen LogP contribution >= 0.6 is 0 Å². The monoisotopic (exact) mass is 455 g/mol. The fourth-order valence-corrected chi connectivity index (χ4v) is 8.14. The van der Waals surface area contributed by atoms with Gasteiger partial charge in [-0.3, -0.25) is 14.4 Å². The summed E-state index contributed by atoms with van der Waals surface area (Å²) >= 11 is 0. The number of esters is 1. The van der Waals surface area contributed by atoms with E-state index in [1.54, 1.807) is 6.92 Å². The zero-order chi connectivity index (χ0) is 22.6. The molecule has 6 nitrogen and oxygen atoms in total. The minimum absolute atomic E-state index is 0. The van der Waals surface area contributed by atoms with Crippen LogP contribution in [0.4, 0.5) is 0 Å². The van der Waals surface area contributed by atoms with Crippen molar-refractivity contribution in [3.8, 4) is 0 Å². The van der Waals surface area contributed by atoms with Crippen molar-refractivity contribution in [1.82, 2.24) is 0 Å². The van der Waals surface area contributed by atoms with Crippen molar-refractivity contribution in [2.24, 2.45) is 40.4 Å². The number of ketones is 3. The van der Waals surface area contributed by atoms with Crippen LogP contribution in [-0.4, -0.2) is 41.1 Å². The Kier molecular flexibility index (Phi) is 7.81. The molecule has 0 aromatic heterocycles. The SMILES string of the molecule is CCOC(=O)C(=O)CC(=O)[C@H]1CC[C@H]2[C@@H]3CC[C@@H]4C[C@H](O)CC[C@]4(C)[C@H]3C(=O)C[C@]12C.[Na+]. The zero-order valence-electron chi connectivity index (χ0n) is 20.0. The topological polar surface area (TPSA) is 97.7 Å². The normalized spacial score (nSPS) is 42.7. The molecule has 0 spiro atoms. The van der Waals surface area contributed by atoms with Crippen molar-refractivity contribution in [2.75, 3.05) is 6.61 Å². The Labute approximate surface area is 212 Å². The Morgan fingerprint density at radius 2 is 1.78 bits per heavy atom. The molecule has 1 N–H and O–H groups in total. The van der Waals surface area contributed by atoms with Crippen LogP contribution in [0.2, 0.25) is 0 Å². The van der Waals surface area contributed by atoms with Gasteiger partial charge in [0.05, 0.1) is 19.1 Å². The molecule has 4 fully saturated rings. The van der Waals surface area contributed by atoms with E-state index < -0.39 is 23.6 Å². The molecule has 4 aliphatic rings. The molecule has 0 aromatic rings. The van der Waals surface area contributed by atoms with Crippen molar-refractivity contribution in [2.45, 2.75) is 84.7 Å². The molecule has 4 rings (SSSR count). The quantitative estimate of drug-likeness (QED) is 0.277. The van der Waals surface area contributed by atoms with Crippen LogP contribution in [0.1, 0.15) is 78.6 Å². The zero-order valence-corrected chi connectivity index (χ0v) is 22.0. The van der Waals surface area contributed by atoms with E-state index in [0.29, 0.717) is 24.7 Å². The maximum absolute atomic E-state index is 13.6. The Balaban J connectivity index is 0.00000289. The fourth-order valence-electron chi connectivity index (χ4n) is 8.14. The smallest absolute Gasteiger partial charge is 0.460 e. The molecular weight excluding hydrogens is 419 g/mol. The van der Waals surface area contributed by atoms with E-state index in [2.05, 4.69) is 13.8 Å². The summed E-state index contributed by atoms with van der Waals surface area (Å²) in [5.41, 5.74) is -0.482. The molecule has 0 aromatic carbocycles. The third-order valence-electron chi connectivity index (χ3n) is 9.55. The Morgan fingerprint density at radius 1 is 1.06 bits per heavy atom. The van der Waals surface area contributed by atoms with Crippen molar-refractivity contribution in [3.05, 3.63) is 0 Å². The van der Waals surface area contributed by atoms with Crippen LogP contribution < -0.4 is 29.6 Å². The van der Waals surface area contributed by atoms with Gasteiger partial charge in [-0.25, -0.2) is 4.79 Å². The average Bonchev–Trinajstić information content (AvgIpc) is 3.05. The number of hydrogen-bond acceptors (Lipinski definition) is 6. The van der Waals surface area contributed by atoms with E-state index >= 15 is 0 Å². The predicted octanol–water partition coefficient (Wildman–Crippen LogP) is 0.281. The van der Waals surface area contributed by atoms with Crippen LogP contribution in [0, 0.1) is 40.4 Å². The van der Waals surface area contributed by atoms with Gasteiger partial charge >= 0.3 is 35.5 Å². The maximum Gasteiger partial charge on any atom is 1.00 e. The molecule has 0 saturated heterocycles. The molecule has 0 unspecified atom stereocenters. The maximum atomic E-state index is 13.6. The second kappa shape index (κ2) is 9.59.